The molecule has 3 nitrogen and oxygen atoms in total. The maximum Gasteiger partial charge on any atom is 0.254 e. The second-order valence-electron chi connectivity index (χ2n) is 3.76. The molecular formula is C13H12Cl2N2O. The summed E-state index contributed by atoms with van der Waals surface area (Å²) < 4.78 is 1.91. The van der Waals surface area contributed by atoms with E-state index in [1.165, 1.54) is 0 Å². The SMILES string of the molecule is NC(=O)c1ccc[n+](Cc2ccc(Cl)cc2)c1.[Cl-]. The number of halogens is 2. The van der Waals surface area contributed by atoms with Gasteiger partial charge in [-0.25, -0.2) is 0 Å². The van der Waals surface area contributed by atoms with Crippen LogP contribution in [0.2, 0.25) is 5.02 Å². The predicted molar refractivity (Wildman–Crippen MR) is 65.7 cm³/mol. The molecule has 0 fully saturated rings. The van der Waals surface area contributed by atoms with Crippen molar-refractivity contribution in [2.45, 2.75) is 6.54 Å². The number of carbonyl (C=O) groups is 1. The lowest BCUT2D eigenvalue weighted by Gasteiger charge is -1.99. The zero-order chi connectivity index (χ0) is 12.3. The molecular weight excluding hydrogens is 271 g/mol. The Balaban J connectivity index is 0.00000162. The van der Waals surface area contributed by atoms with Crippen LogP contribution in [0, 0.1) is 0 Å². The molecule has 1 amide bonds. The zero-order valence-electron chi connectivity index (χ0n) is 9.51. The fraction of sp³-hybridized carbons (Fsp3) is 0.0769. The highest BCUT2D eigenvalue weighted by atomic mass is 35.5. The quantitative estimate of drug-likeness (QED) is 0.705. The molecule has 5 heteroatoms. The van der Waals surface area contributed by atoms with Crippen molar-refractivity contribution in [1.29, 1.82) is 0 Å². The van der Waals surface area contributed by atoms with Crippen LogP contribution in [0.5, 0.6) is 0 Å². The number of hydrogen-bond acceptors (Lipinski definition) is 1. The Labute approximate surface area is 117 Å². The first kappa shape index (κ1) is 14.5. The summed E-state index contributed by atoms with van der Waals surface area (Å²) in [6.45, 7) is 0.679. The van der Waals surface area contributed by atoms with Crippen molar-refractivity contribution in [1.82, 2.24) is 0 Å². The van der Waals surface area contributed by atoms with Crippen molar-refractivity contribution in [3.8, 4) is 0 Å². The van der Waals surface area contributed by atoms with Crippen LogP contribution in [-0.2, 0) is 6.54 Å². The van der Waals surface area contributed by atoms with Crippen molar-refractivity contribution in [2.24, 2.45) is 5.73 Å². The second-order valence-corrected chi connectivity index (χ2v) is 4.19. The van der Waals surface area contributed by atoms with Crippen LogP contribution >= 0.6 is 11.6 Å². The summed E-state index contributed by atoms with van der Waals surface area (Å²) in [6, 6.07) is 11.1. The highest BCUT2D eigenvalue weighted by Crippen LogP contribution is 2.09. The lowest BCUT2D eigenvalue weighted by atomic mass is 10.2. The van der Waals surface area contributed by atoms with Crippen LogP contribution in [0.1, 0.15) is 15.9 Å². The fourth-order valence-corrected chi connectivity index (χ4v) is 1.69. The van der Waals surface area contributed by atoms with Gasteiger partial charge in [-0.2, -0.15) is 4.57 Å². The Morgan fingerprint density at radius 1 is 1.22 bits per heavy atom. The van der Waals surface area contributed by atoms with Crippen LogP contribution < -0.4 is 22.7 Å². The molecule has 94 valence electrons. The summed E-state index contributed by atoms with van der Waals surface area (Å²) in [7, 11) is 0. The van der Waals surface area contributed by atoms with Gasteiger partial charge in [0.1, 0.15) is 5.56 Å². The molecule has 1 aromatic carbocycles. The summed E-state index contributed by atoms with van der Waals surface area (Å²) in [5.74, 6) is -0.421. The smallest absolute Gasteiger partial charge is 0.254 e. The molecule has 0 saturated heterocycles. The summed E-state index contributed by atoms with van der Waals surface area (Å²) in [5, 5.41) is 0.713. The summed E-state index contributed by atoms with van der Waals surface area (Å²) in [4.78, 5) is 11.0. The maximum absolute atomic E-state index is 11.0. The van der Waals surface area contributed by atoms with Crippen molar-refractivity contribution >= 4 is 17.5 Å². The van der Waals surface area contributed by atoms with Crippen molar-refractivity contribution in [2.75, 3.05) is 0 Å². The molecule has 0 atom stereocenters. The predicted octanol–water partition coefficient (Wildman–Crippen LogP) is -1.22. The first-order valence-corrected chi connectivity index (χ1v) is 5.56. The topological polar surface area (TPSA) is 47.0 Å². The number of pyridine rings is 1. The molecule has 1 aromatic heterocycles. The summed E-state index contributed by atoms with van der Waals surface area (Å²) in [5.41, 5.74) is 6.84. The molecule has 0 saturated carbocycles. The van der Waals surface area contributed by atoms with E-state index in [4.69, 9.17) is 17.3 Å². The van der Waals surface area contributed by atoms with Crippen molar-refractivity contribution in [3.05, 3.63) is 64.9 Å². The number of carbonyl (C=O) groups excluding carboxylic acids is 1. The molecule has 0 unspecified atom stereocenters. The molecule has 1 heterocycles. The Morgan fingerprint density at radius 3 is 2.50 bits per heavy atom. The number of rotatable bonds is 3. The Morgan fingerprint density at radius 2 is 1.89 bits per heavy atom. The van der Waals surface area contributed by atoms with Gasteiger partial charge in [-0.15, -0.1) is 0 Å². The normalized spacial score (nSPS) is 9.61. The van der Waals surface area contributed by atoms with Gasteiger partial charge in [0.05, 0.1) is 0 Å². The molecule has 2 N–H and O–H groups in total. The second kappa shape index (κ2) is 6.38. The van der Waals surface area contributed by atoms with E-state index >= 15 is 0 Å². The Hall–Kier alpha value is -1.58. The molecule has 0 bridgehead atoms. The summed E-state index contributed by atoms with van der Waals surface area (Å²) >= 11 is 5.81. The van der Waals surface area contributed by atoms with Gasteiger partial charge in [-0.05, 0) is 18.2 Å². The van der Waals surface area contributed by atoms with Gasteiger partial charge in [0.2, 0.25) is 0 Å². The van der Waals surface area contributed by atoms with Crippen LogP contribution in [0.25, 0.3) is 0 Å². The average molecular weight is 283 g/mol. The van der Waals surface area contributed by atoms with Gasteiger partial charge in [-0.3, -0.25) is 4.79 Å². The Kier molecular flexibility index (Phi) is 5.13. The molecule has 18 heavy (non-hydrogen) atoms. The van der Waals surface area contributed by atoms with E-state index in [0.29, 0.717) is 17.1 Å². The minimum atomic E-state index is -0.421. The third-order valence-electron chi connectivity index (χ3n) is 2.42. The largest absolute Gasteiger partial charge is 1.00 e. The summed E-state index contributed by atoms with van der Waals surface area (Å²) in [6.07, 6.45) is 3.62. The van der Waals surface area contributed by atoms with Gasteiger partial charge in [0.25, 0.3) is 5.91 Å². The minimum absolute atomic E-state index is 0. The van der Waals surface area contributed by atoms with E-state index in [0.717, 1.165) is 5.56 Å². The first-order chi connectivity index (χ1) is 8.15. The maximum atomic E-state index is 11.0. The Bertz CT molecular complexity index is 541. The van der Waals surface area contributed by atoms with E-state index in [-0.39, 0.29) is 12.4 Å². The number of nitrogens with two attached hydrogens (primary N) is 1. The fourth-order valence-electron chi connectivity index (χ4n) is 1.57. The zero-order valence-corrected chi connectivity index (χ0v) is 11.0. The number of hydrogen-bond donors (Lipinski definition) is 1. The van der Waals surface area contributed by atoms with E-state index in [1.807, 2.05) is 35.0 Å². The monoisotopic (exact) mass is 282 g/mol. The van der Waals surface area contributed by atoms with E-state index in [9.17, 15) is 4.79 Å². The van der Waals surface area contributed by atoms with Crippen LogP contribution in [0.3, 0.4) is 0 Å². The number of aromatic nitrogens is 1. The van der Waals surface area contributed by atoms with Crippen LogP contribution in [-0.4, -0.2) is 5.91 Å². The highest BCUT2D eigenvalue weighted by molar-refractivity contribution is 6.30. The average Bonchev–Trinajstić information content (AvgIpc) is 2.32. The lowest BCUT2D eigenvalue weighted by molar-refractivity contribution is -0.688. The highest BCUT2D eigenvalue weighted by Gasteiger charge is 2.07. The van der Waals surface area contributed by atoms with Gasteiger partial charge >= 0.3 is 0 Å². The van der Waals surface area contributed by atoms with Crippen molar-refractivity contribution < 1.29 is 21.8 Å². The first-order valence-electron chi connectivity index (χ1n) is 5.18. The standard InChI is InChI=1S/C13H11ClN2O.ClH/c14-12-5-3-10(4-6-12)8-16-7-1-2-11(9-16)13(15)17;/h1-7,9H,8H2,(H-,15,17);1H. The van der Waals surface area contributed by atoms with Gasteiger partial charge < -0.3 is 18.1 Å². The third-order valence-corrected chi connectivity index (χ3v) is 2.67. The van der Waals surface area contributed by atoms with Crippen LogP contribution in [0.4, 0.5) is 0 Å². The van der Waals surface area contributed by atoms with E-state index in [1.54, 1.807) is 18.3 Å². The van der Waals surface area contributed by atoms with E-state index < -0.39 is 5.91 Å². The van der Waals surface area contributed by atoms with Crippen molar-refractivity contribution in [3.63, 3.8) is 0 Å². The van der Waals surface area contributed by atoms with E-state index in [2.05, 4.69) is 0 Å². The molecule has 0 aliphatic carbocycles. The third kappa shape index (κ3) is 3.72. The molecule has 0 radical (unpaired) electrons. The van der Waals surface area contributed by atoms with Gasteiger partial charge in [0.15, 0.2) is 18.9 Å². The van der Waals surface area contributed by atoms with Gasteiger partial charge in [-0.1, -0.05) is 23.7 Å². The minimum Gasteiger partial charge on any atom is -1.00 e. The molecule has 0 spiro atoms. The number of nitrogens with zero attached hydrogens (tertiary/aromatic N) is 1. The molecule has 0 aliphatic rings. The molecule has 2 rings (SSSR count). The lowest BCUT2D eigenvalue weighted by Crippen LogP contribution is -3.00. The molecule has 2 aromatic rings. The molecule has 0 aliphatic heterocycles. The van der Waals surface area contributed by atoms with Crippen LogP contribution in [0.15, 0.2) is 48.8 Å². The number of benzene rings is 1. The number of amides is 1. The van der Waals surface area contributed by atoms with Gasteiger partial charge in [0, 0.05) is 16.7 Å². The number of primary amides is 1.